The third-order valence-electron chi connectivity index (χ3n) is 1.82. The van der Waals surface area contributed by atoms with Gasteiger partial charge in [-0.15, -0.1) is 0 Å². The van der Waals surface area contributed by atoms with E-state index in [4.69, 9.17) is 9.84 Å². The zero-order valence-corrected chi connectivity index (χ0v) is 8.73. The second kappa shape index (κ2) is 7.26. The van der Waals surface area contributed by atoms with Crippen LogP contribution in [0.2, 0.25) is 0 Å². The summed E-state index contributed by atoms with van der Waals surface area (Å²) in [5, 5.41) is 18.2. The van der Waals surface area contributed by atoms with Crippen LogP contribution in [0, 0.1) is 5.92 Å². The minimum Gasteiger partial charge on any atom is -0.396 e. The Hall–Kier alpha value is -0.160. The van der Waals surface area contributed by atoms with Gasteiger partial charge < -0.3 is 19.8 Å². The third-order valence-corrected chi connectivity index (χ3v) is 1.82. The van der Waals surface area contributed by atoms with Gasteiger partial charge in [0, 0.05) is 26.8 Å². The van der Waals surface area contributed by atoms with Crippen molar-refractivity contribution in [3.8, 4) is 0 Å². The summed E-state index contributed by atoms with van der Waals surface area (Å²) in [6, 6.07) is 0. The number of ether oxygens (including phenoxy) is 1. The number of methoxy groups -OCH3 is 1. The summed E-state index contributed by atoms with van der Waals surface area (Å²) in [5.41, 5.74) is 0. The van der Waals surface area contributed by atoms with Crippen molar-refractivity contribution in [2.24, 2.45) is 5.92 Å². The molecule has 0 aromatic heterocycles. The Bertz CT molecular complexity index is 121. The Labute approximate surface area is 80.1 Å². The number of aliphatic hydroxyl groups is 2. The molecule has 0 spiro atoms. The Morgan fingerprint density at radius 2 is 2.00 bits per heavy atom. The van der Waals surface area contributed by atoms with Gasteiger partial charge in [-0.25, -0.2) is 0 Å². The average Bonchev–Trinajstić information content (AvgIpc) is 2.04. The van der Waals surface area contributed by atoms with Gasteiger partial charge in [0.15, 0.2) is 0 Å². The van der Waals surface area contributed by atoms with Crippen LogP contribution in [0.15, 0.2) is 0 Å². The SMILES string of the molecule is COCC(O)CN(C)CC(C)CO. The van der Waals surface area contributed by atoms with E-state index in [2.05, 4.69) is 0 Å². The quantitative estimate of drug-likeness (QED) is 0.572. The Kier molecular flexibility index (Phi) is 7.17. The summed E-state index contributed by atoms with van der Waals surface area (Å²) in [4.78, 5) is 1.99. The van der Waals surface area contributed by atoms with Crippen molar-refractivity contribution in [1.82, 2.24) is 4.90 Å². The Morgan fingerprint density at radius 3 is 2.46 bits per heavy atom. The van der Waals surface area contributed by atoms with Crippen LogP contribution >= 0.6 is 0 Å². The van der Waals surface area contributed by atoms with E-state index in [1.165, 1.54) is 0 Å². The monoisotopic (exact) mass is 191 g/mol. The Balaban J connectivity index is 3.54. The predicted octanol–water partition coefficient (Wildman–Crippen LogP) is -0.446. The van der Waals surface area contributed by atoms with E-state index in [1.54, 1.807) is 7.11 Å². The van der Waals surface area contributed by atoms with Crippen molar-refractivity contribution < 1.29 is 14.9 Å². The molecule has 0 amide bonds. The first-order valence-corrected chi connectivity index (χ1v) is 4.56. The van der Waals surface area contributed by atoms with Gasteiger partial charge in [-0.05, 0) is 13.0 Å². The summed E-state index contributed by atoms with van der Waals surface area (Å²) < 4.78 is 4.81. The summed E-state index contributed by atoms with van der Waals surface area (Å²) in [7, 11) is 3.49. The lowest BCUT2D eigenvalue weighted by Gasteiger charge is -2.22. The minimum atomic E-state index is -0.444. The van der Waals surface area contributed by atoms with Crippen LogP contribution in [0.25, 0.3) is 0 Å². The average molecular weight is 191 g/mol. The lowest BCUT2D eigenvalue weighted by atomic mass is 10.2. The van der Waals surface area contributed by atoms with Crippen LogP contribution in [-0.2, 0) is 4.74 Å². The smallest absolute Gasteiger partial charge is 0.0899 e. The fourth-order valence-electron chi connectivity index (χ4n) is 1.27. The molecule has 80 valence electrons. The van der Waals surface area contributed by atoms with Gasteiger partial charge in [-0.1, -0.05) is 6.92 Å². The first-order chi connectivity index (χ1) is 6.10. The number of likely N-dealkylation sites (N-methyl/N-ethyl adjacent to an activating group) is 1. The molecule has 0 aromatic rings. The molecule has 0 heterocycles. The number of hydrogen-bond acceptors (Lipinski definition) is 4. The topological polar surface area (TPSA) is 52.9 Å². The molecule has 4 heteroatoms. The van der Waals surface area contributed by atoms with Gasteiger partial charge in [-0.2, -0.15) is 0 Å². The minimum absolute atomic E-state index is 0.185. The molecule has 0 saturated carbocycles. The highest BCUT2D eigenvalue weighted by Gasteiger charge is 2.10. The van der Waals surface area contributed by atoms with Crippen molar-refractivity contribution in [2.45, 2.75) is 13.0 Å². The van der Waals surface area contributed by atoms with E-state index in [9.17, 15) is 5.11 Å². The van der Waals surface area contributed by atoms with Gasteiger partial charge in [0.1, 0.15) is 0 Å². The van der Waals surface area contributed by atoms with Crippen molar-refractivity contribution >= 4 is 0 Å². The van der Waals surface area contributed by atoms with Crippen LogP contribution in [-0.4, -0.2) is 61.7 Å². The first-order valence-electron chi connectivity index (χ1n) is 4.56. The molecular formula is C9H21NO3. The largest absolute Gasteiger partial charge is 0.396 e. The molecule has 0 fully saturated rings. The first kappa shape index (κ1) is 12.8. The van der Waals surface area contributed by atoms with Crippen LogP contribution < -0.4 is 0 Å². The number of nitrogens with zero attached hydrogens (tertiary/aromatic N) is 1. The van der Waals surface area contributed by atoms with E-state index < -0.39 is 6.10 Å². The van der Waals surface area contributed by atoms with Crippen molar-refractivity contribution in [2.75, 3.05) is 40.5 Å². The summed E-state index contributed by atoms with van der Waals surface area (Å²) >= 11 is 0. The fraction of sp³-hybridized carbons (Fsp3) is 1.00. The molecule has 13 heavy (non-hydrogen) atoms. The zero-order valence-electron chi connectivity index (χ0n) is 8.73. The fourth-order valence-corrected chi connectivity index (χ4v) is 1.27. The lowest BCUT2D eigenvalue weighted by molar-refractivity contribution is 0.0388. The summed E-state index contributed by atoms with van der Waals surface area (Å²) in [6.45, 7) is 3.89. The van der Waals surface area contributed by atoms with E-state index in [1.807, 2.05) is 18.9 Å². The summed E-state index contributed by atoms with van der Waals surface area (Å²) in [6.07, 6.45) is -0.444. The maximum atomic E-state index is 9.38. The predicted molar refractivity (Wildman–Crippen MR) is 51.6 cm³/mol. The van der Waals surface area contributed by atoms with Crippen LogP contribution in [0.3, 0.4) is 0 Å². The van der Waals surface area contributed by atoms with E-state index in [-0.39, 0.29) is 12.5 Å². The van der Waals surface area contributed by atoms with Crippen LogP contribution in [0.5, 0.6) is 0 Å². The van der Waals surface area contributed by atoms with E-state index >= 15 is 0 Å². The lowest BCUT2D eigenvalue weighted by Crippen LogP contribution is -2.35. The molecular weight excluding hydrogens is 170 g/mol. The molecule has 0 aliphatic rings. The maximum absolute atomic E-state index is 9.38. The number of hydrogen-bond donors (Lipinski definition) is 2. The Morgan fingerprint density at radius 1 is 1.38 bits per heavy atom. The highest BCUT2D eigenvalue weighted by Crippen LogP contribution is 1.97. The molecule has 0 aliphatic heterocycles. The molecule has 0 aliphatic carbocycles. The normalized spacial score (nSPS) is 16.2. The maximum Gasteiger partial charge on any atom is 0.0899 e. The second-order valence-electron chi connectivity index (χ2n) is 3.62. The molecule has 0 rings (SSSR count). The molecule has 2 unspecified atom stereocenters. The second-order valence-corrected chi connectivity index (χ2v) is 3.62. The molecule has 2 atom stereocenters. The van der Waals surface area contributed by atoms with E-state index in [0.717, 1.165) is 6.54 Å². The van der Waals surface area contributed by atoms with Gasteiger partial charge in [0.2, 0.25) is 0 Å². The highest BCUT2D eigenvalue weighted by atomic mass is 16.5. The van der Waals surface area contributed by atoms with E-state index in [0.29, 0.717) is 13.2 Å². The molecule has 0 aromatic carbocycles. The molecule has 0 bridgehead atoms. The zero-order chi connectivity index (χ0) is 10.3. The third kappa shape index (κ3) is 6.95. The highest BCUT2D eigenvalue weighted by molar-refractivity contribution is 4.63. The van der Waals surface area contributed by atoms with Crippen LogP contribution in [0.4, 0.5) is 0 Å². The van der Waals surface area contributed by atoms with Crippen molar-refractivity contribution in [1.29, 1.82) is 0 Å². The summed E-state index contributed by atoms with van der Waals surface area (Å²) in [5.74, 6) is 0.250. The van der Waals surface area contributed by atoms with Crippen molar-refractivity contribution in [3.05, 3.63) is 0 Å². The van der Waals surface area contributed by atoms with Gasteiger partial charge in [-0.3, -0.25) is 0 Å². The molecule has 0 saturated heterocycles. The number of aliphatic hydroxyl groups excluding tert-OH is 2. The molecule has 0 radical (unpaired) electrons. The molecule has 2 N–H and O–H groups in total. The van der Waals surface area contributed by atoms with Gasteiger partial charge in [0.05, 0.1) is 12.7 Å². The van der Waals surface area contributed by atoms with Crippen LogP contribution in [0.1, 0.15) is 6.92 Å². The standard InChI is InChI=1S/C9H21NO3/c1-8(6-11)4-10(2)5-9(12)7-13-3/h8-9,11-12H,4-7H2,1-3H3. The van der Waals surface area contributed by atoms with Crippen molar-refractivity contribution in [3.63, 3.8) is 0 Å². The molecule has 4 nitrogen and oxygen atoms in total. The van der Waals surface area contributed by atoms with Gasteiger partial charge in [0.25, 0.3) is 0 Å². The van der Waals surface area contributed by atoms with Gasteiger partial charge >= 0.3 is 0 Å². The number of rotatable bonds is 7.